The molecule has 0 bridgehead atoms. The smallest absolute Gasteiger partial charge is 0.0834 e. The fourth-order valence-corrected chi connectivity index (χ4v) is 2.19. The van der Waals surface area contributed by atoms with Crippen LogP contribution in [-0.2, 0) is 0 Å². The Kier molecular flexibility index (Phi) is 6.97. The van der Waals surface area contributed by atoms with Crippen molar-refractivity contribution in [3.05, 3.63) is 33.8 Å². The average Bonchev–Trinajstić information content (AvgIpc) is 2.15. The van der Waals surface area contributed by atoms with Crippen LogP contribution < -0.4 is 5.73 Å². The zero-order valence-electron chi connectivity index (χ0n) is 10.8. The summed E-state index contributed by atoms with van der Waals surface area (Å²) in [5, 5.41) is 11.1. The molecule has 0 aliphatic heterocycles. The molecule has 2 nitrogen and oxygen atoms in total. The molecule has 1 aromatic carbocycles. The van der Waals surface area contributed by atoms with E-state index in [0.717, 1.165) is 0 Å². The van der Waals surface area contributed by atoms with Gasteiger partial charge in [-0.2, -0.15) is 0 Å². The van der Waals surface area contributed by atoms with Crippen LogP contribution in [0.5, 0.6) is 0 Å². The minimum Gasteiger partial charge on any atom is -0.388 e. The van der Waals surface area contributed by atoms with Gasteiger partial charge in [0.05, 0.1) is 6.10 Å². The molecule has 3 N–H and O–H groups in total. The molecule has 104 valence electrons. The molecule has 0 heterocycles. The molecule has 0 amide bonds. The normalized spacial score (nSPS) is 14.8. The highest BCUT2D eigenvalue weighted by molar-refractivity contribution is 6.36. The van der Waals surface area contributed by atoms with E-state index in [9.17, 15) is 5.11 Å². The van der Waals surface area contributed by atoms with Gasteiger partial charge in [-0.15, -0.1) is 12.4 Å². The molecule has 18 heavy (non-hydrogen) atoms. The van der Waals surface area contributed by atoms with Crippen LogP contribution in [0.1, 0.15) is 38.9 Å². The lowest BCUT2D eigenvalue weighted by molar-refractivity contribution is 0.133. The highest BCUT2D eigenvalue weighted by Crippen LogP contribution is 2.34. The van der Waals surface area contributed by atoms with Crippen LogP contribution in [0.15, 0.2) is 18.2 Å². The van der Waals surface area contributed by atoms with E-state index in [-0.39, 0.29) is 23.9 Å². The van der Waals surface area contributed by atoms with Gasteiger partial charge < -0.3 is 10.8 Å². The van der Waals surface area contributed by atoms with Gasteiger partial charge >= 0.3 is 0 Å². The van der Waals surface area contributed by atoms with Gasteiger partial charge in [-0.1, -0.05) is 50.0 Å². The highest BCUT2D eigenvalue weighted by Gasteiger charge is 2.25. The third-order valence-corrected chi connectivity index (χ3v) is 3.58. The van der Waals surface area contributed by atoms with Crippen molar-refractivity contribution in [3.8, 4) is 0 Å². The number of nitrogens with two attached hydrogens (primary N) is 1. The van der Waals surface area contributed by atoms with Crippen molar-refractivity contribution in [3.63, 3.8) is 0 Å². The Balaban J connectivity index is 0.00000289. The highest BCUT2D eigenvalue weighted by atomic mass is 35.5. The first kappa shape index (κ1) is 18.0. The number of hydrogen-bond acceptors (Lipinski definition) is 2. The van der Waals surface area contributed by atoms with Crippen molar-refractivity contribution in [1.82, 2.24) is 0 Å². The summed E-state index contributed by atoms with van der Waals surface area (Å²) >= 11 is 12.1. The second kappa shape index (κ2) is 6.97. The summed E-state index contributed by atoms with van der Waals surface area (Å²) < 4.78 is 0. The number of hydrogen-bond donors (Lipinski definition) is 2. The third-order valence-electron chi connectivity index (χ3n) is 2.92. The van der Waals surface area contributed by atoms with Gasteiger partial charge in [-0.25, -0.2) is 0 Å². The first-order chi connectivity index (χ1) is 7.73. The summed E-state index contributed by atoms with van der Waals surface area (Å²) in [4.78, 5) is 0. The van der Waals surface area contributed by atoms with Crippen molar-refractivity contribution in [1.29, 1.82) is 0 Å². The summed E-state index contributed by atoms with van der Waals surface area (Å²) in [6, 6.07) is 5.07. The van der Waals surface area contributed by atoms with E-state index in [1.54, 1.807) is 18.2 Å². The molecule has 2 atom stereocenters. The number of benzene rings is 1. The molecule has 1 aromatic rings. The summed E-state index contributed by atoms with van der Waals surface area (Å²) in [6.45, 7) is 6.12. The predicted octanol–water partition coefficient (Wildman–Crippen LogP) is 4.21. The fourth-order valence-electron chi connectivity index (χ4n) is 1.54. The summed E-state index contributed by atoms with van der Waals surface area (Å²) in [5.41, 5.74) is 6.55. The standard InChI is InChI=1S/C13H19Cl2NO.ClH/c1-13(2,3)11(16)7-10(17)12-8(14)5-4-6-9(12)15;/h4-6,10-11,17H,7,16H2,1-3H3;1H/t10-,11+;/m1./s1. The van der Waals surface area contributed by atoms with Gasteiger partial charge in [0, 0.05) is 21.7 Å². The van der Waals surface area contributed by atoms with Gasteiger partial charge in [-0.05, 0) is 24.0 Å². The molecule has 1 rings (SSSR count). The van der Waals surface area contributed by atoms with E-state index < -0.39 is 6.10 Å². The van der Waals surface area contributed by atoms with Crippen LogP contribution in [0.2, 0.25) is 10.0 Å². The summed E-state index contributed by atoms with van der Waals surface area (Å²) in [6.07, 6.45) is -0.294. The largest absolute Gasteiger partial charge is 0.388 e. The molecular formula is C13H20Cl3NO. The SMILES string of the molecule is CC(C)(C)[C@@H](N)C[C@@H](O)c1c(Cl)cccc1Cl.Cl. The second-order valence-electron chi connectivity index (χ2n) is 5.36. The monoisotopic (exact) mass is 311 g/mol. The third kappa shape index (κ3) is 4.60. The average molecular weight is 313 g/mol. The lowest BCUT2D eigenvalue weighted by atomic mass is 9.83. The lowest BCUT2D eigenvalue weighted by Crippen LogP contribution is -2.36. The molecule has 0 spiro atoms. The lowest BCUT2D eigenvalue weighted by Gasteiger charge is -2.29. The first-order valence-electron chi connectivity index (χ1n) is 5.61. The van der Waals surface area contributed by atoms with Gasteiger partial charge in [0.25, 0.3) is 0 Å². The number of rotatable bonds is 3. The zero-order chi connectivity index (χ0) is 13.2. The topological polar surface area (TPSA) is 46.2 Å². The van der Waals surface area contributed by atoms with E-state index in [0.29, 0.717) is 22.0 Å². The number of halogens is 3. The van der Waals surface area contributed by atoms with E-state index in [4.69, 9.17) is 28.9 Å². The first-order valence-corrected chi connectivity index (χ1v) is 6.36. The van der Waals surface area contributed by atoms with Crippen molar-refractivity contribution in [2.24, 2.45) is 11.1 Å². The van der Waals surface area contributed by atoms with Crippen molar-refractivity contribution in [2.45, 2.75) is 39.3 Å². The van der Waals surface area contributed by atoms with Crippen LogP contribution in [-0.4, -0.2) is 11.1 Å². The molecule has 0 unspecified atom stereocenters. The number of aliphatic hydroxyl groups is 1. The van der Waals surface area contributed by atoms with Crippen LogP contribution in [0.4, 0.5) is 0 Å². The van der Waals surface area contributed by atoms with Gasteiger partial charge in [0.2, 0.25) is 0 Å². The fraction of sp³-hybridized carbons (Fsp3) is 0.538. The van der Waals surface area contributed by atoms with Crippen LogP contribution in [0, 0.1) is 5.41 Å². The Morgan fingerprint density at radius 1 is 1.22 bits per heavy atom. The molecule has 0 saturated carbocycles. The van der Waals surface area contributed by atoms with Gasteiger partial charge in [-0.3, -0.25) is 0 Å². The second-order valence-corrected chi connectivity index (χ2v) is 6.17. The Morgan fingerprint density at radius 2 is 1.67 bits per heavy atom. The molecule has 0 saturated heterocycles. The summed E-state index contributed by atoms with van der Waals surface area (Å²) in [5.74, 6) is 0. The van der Waals surface area contributed by atoms with E-state index in [1.165, 1.54) is 0 Å². The molecule has 5 heteroatoms. The van der Waals surface area contributed by atoms with E-state index in [2.05, 4.69) is 0 Å². The molecule has 0 radical (unpaired) electrons. The minimum atomic E-state index is -0.731. The quantitative estimate of drug-likeness (QED) is 0.878. The van der Waals surface area contributed by atoms with Crippen LogP contribution in [0.25, 0.3) is 0 Å². The van der Waals surface area contributed by atoms with Crippen LogP contribution >= 0.6 is 35.6 Å². The molecule has 0 fully saturated rings. The Bertz CT molecular complexity index is 370. The van der Waals surface area contributed by atoms with Crippen molar-refractivity contribution < 1.29 is 5.11 Å². The van der Waals surface area contributed by atoms with Gasteiger partial charge in [0.1, 0.15) is 0 Å². The molecule has 0 aliphatic rings. The molecule has 0 aromatic heterocycles. The Morgan fingerprint density at radius 3 is 2.06 bits per heavy atom. The maximum Gasteiger partial charge on any atom is 0.0834 e. The Labute approximate surface area is 125 Å². The number of aliphatic hydroxyl groups excluding tert-OH is 1. The Hall–Kier alpha value is 0.01000. The molecule has 0 aliphatic carbocycles. The predicted molar refractivity (Wildman–Crippen MR) is 80.7 cm³/mol. The van der Waals surface area contributed by atoms with Gasteiger partial charge in [0.15, 0.2) is 0 Å². The van der Waals surface area contributed by atoms with E-state index >= 15 is 0 Å². The molecular weight excluding hydrogens is 293 g/mol. The maximum absolute atomic E-state index is 10.2. The van der Waals surface area contributed by atoms with E-state index in [1.807, 2.05) is 20.8 Å². The van der Waals surface area contributed by atoms with Crippen molar-refractivity contribution in [2.75, 3.05) is 0 Å². The van der Waals surface area contributed by atoms with Crippen LogP contribution in [0.3, 0.4) is 0 Å². The zero-order valence-corrected chi connectivity index (χ0v) is 13.1. The van der Waals surface area contributed by atoms with Crippen molar-refractivity contribution >= 4 is 35.6 Å². The summed E-state index contributed by atoms with van der Waals surface area (Å²) in [7, 11) is 0. The minimum absolute atomic E-state index is 0. The maximum atomic E-state index is 10.2.